The summed E-state index contributed by atoms with van der Waals surface area (Å²) >= 11 is 0. The summed E-state index contributed by atoms with van der Waals surface area (Å²) in [5, 5.41) is 28.5. The first kappa shape index (κ1) is 38.5. The maximum Gasteiger partial charge on any atom is 0.344 e. The fraction of sp³-hybridized carbons (Fsp3) is 0.636. The van der Waals surface area contributed by atoms with Crippen LogP contribution in [0.1, 0.15) is 63.5 Å². The molecule has 2 aliphatic rings. The van der Waals surface area contributed by atoms with Crippen molar-refractivity contribution in [3.63, 3.8) is 0 Å². The van der Waals surface area contributed by atoms with E-state index in [4.69, 9.17) is 19.8 Å². The van der Waals surface area contributed by atoms with Crippen LogP contribution in [0.4, 0.5) is 11.8 Å². The smallest absolute Gasteiger partial charge is 0.344 e. The monoisotopic (exact) mass is 728 g/mol. The Balaban J connectivity index is 1.01. The molecule has 0 unspecified atom stereocenters. The molecule has 1 saturated heterocycles. The molecule has 2 aromatic heterocycles. The molecule has 2 amide bonds. The van der Waals surface area contributed by atoms with Crippen molar-refractivity contribution in [2.45, 2.75) is 83.0 Å². The lowest BCUT2D eigenvalue weighted by atomic mass is 9.95. The van der Waals surface area contributed by atoms with Crippen molar-refractivity contribution in [2.24, 2.45) is 0 Å². The number of amides is 2. The van der Waals surface area contributed by atoms with Crippen molar-refractivity contribution in [2.75, 3.05) is 62.7 Å². The summed E-state index contributed by atoms with van der Waals surface area (Å²) in [7, 11) is -4.33. The second kappa shape index (κ2) is 19.8. The van der Waals surface area contributed by atoms with Gasteiger partial charge >= 0.3 is 7.60 Å². The van der Waals surface area contributed by atoms with Gasteiger partial charge in [-0.3, -0.25) is 24.2 Å². The van der Waals surface area contributed by atoms with Gasteiger partial charge in [0.2, 0.25) is 17.8 Å². The molecule has 51 heavy (non-hydrogen) atoms. The van der Waals surface area contributed by atoms with Crippen molar-refractivity contribution in [3.8, 4) is 0 Å². The van der Waals surface area contributed by atoms with Crippen LogP contribution in [0.15, 0.2) is 30.5 Å². The summed E-state index contributed by atoms with van der Waals surface area (Å²) in [4.78, 5) is 53.4. The van der Waals surface area contributed by atoms with Crippen LogP contribution < -0.4 is 31.9 Å². The summed E-state index contributed by atoms with van der Waals surface area (Å²) in [6.07, 6.45) is 11.5. The van der Waals surface area contributed by atoms with Crippen molar-refractivity contribution < 1.29 is 23.9 Å². The zero-order valence-corrected chi connectivity index (χ0v) is 30.1. The molecule has 3 aromatic rings. The topological polar surface area (TPSA) is 224 Å². The molecule has 1 saturated carbocycles. The molecule has 280 valence electrons. The molecule has 2 fully saturated rings. The zero-order valence-electron chi connectivity index (χ0n) is 29.2. The third kappa shape index (κ3) is 13.4. The van der Waals surface area contributed by atoms with Crippen LogP contribution in [0.2, 0.25) is 0 Å². The maximum absolute atomic E-state index is 12.7. The molecule has 3 heterocycles. The lowest BCUT2D eigenvalue weighted by Gasteiger charge is -2.33. The molecule has 0 spiro atoms. The largest absolute Gasteiger partial charge is 0.367 e. The average molecular weight is 729 g/mol. The van der Waals surface area contributed by atoms with Gasteiger partial charge in [-0.2, -0.15) is 4.98 Å². The molecule has 5 rings (SSSR count). The second-order valence-corrected chi connectivity index (χ2v) is 15.0. The fourth-order valence-corrected chi connectivity index (χ4v) is 6.78. The number of benzene rings is 1. The SMILES string of the molecule is O=C(CNCC(=O)N1CCC(Nc2nc(NCc3cn(CCCNCCCNC4CCCCC4)nn3)nc3ccccc23)CC1)NCP(=O)(O)O. The summed E-state index contributed by atoms with van der Waals surface area (Å²) in [6, 6.07) is 8.64. The maximum atomic E-state index is 12.7. The Kier molecular flexibility index (Phi) is 14.9. The molecule has 0 atom stereocenters. The highest BCUT2D eigenvalue weighted by molar-refractivity contribution is 7.51. The van der Waals surface area contributed by atoms with Gasteiger partial charge in [0.05, 0.1) is 31.3 Å². The normalized spacial score (nSPS) is 16.0. The minimum absolute atomic E-state index is 0.0453. The average Bonchev–Trinajstić information content (AvgIpc) is 3.59. The highest BCUT2D eigenvalue weighted by Crippen LogP contribution is 2.31. The minimum Gasteiger partial charge on any atom is -0.367 e. The van der Waals surface area contributed by atoms with Crippen LogP contribution in [0.5, 0.6) is 0 Å². The summed E-state index contributed by atoms with van der Waals surface area (Å²) in [5.74, 6) is 0.471. The van der Waals surface area contributed by atoms with Crippen LogP contribution in [0.3, 0.4) is 0 Å². The quantitative estimate of drug-likeness (QED) is 0.0608. The summed E-state index contributed by atoms with van der Waals surface area (Å²) in [6.45, 7) is 5.09. The van der Waals surface area contributed by atoms with Crippen LogP contribution in [-0.4, -0.2) is 116 Å². The van der Waals surface area contributed by atoms with E-state index >= 15 is 0 Å². The van der Waals surface area contributed by atoms with E-state index in [0.717, 1.165) is 67.5 Å². The first-order chi connectivity index (χ1) is 24.7. The van der Waals surface area contributed by atoms with Crippen molar-refractivity contribution in [1.29, 1.82) is 0 Å². The third-order valence-electron chi connectivity index (χ3n) is 9.16. The standard InChI is InChI=1S/C33H53N12O5P/c46-30(38-24-51(48,49)50)21-35-22-31(47)44-18-12-26(13-19-44)39-32-28-10-4-5-11-29(28)40-33(41-32)37-20-27-23-45(43-42-27)17-7-15-34-14-6-16-36-25-8-2-1-3-9-25/h4-5,10-11,23,25-26,34-36H,1-3,6-9,12-22,24H2,(H,38,46)(H2,48,49,50)(H2,37,39,40,41). The number of hydrogen-bond acceptors (Lipinski definition) is 12. The van der Waals surface area contributed by atoms with Gasteiger partial charge in [-0.05, 0) is 70.3 Å². The van der Waals surface area contributed by atoms with E-state index in [2.05, 4.69) is 42.2 Å². The number of likely N-dealkylation sites (tertiary alicyclic amines) is 1. The van der Waals surface area contributed by atoms with Gasteiger partial charge in [0.15, 0.2) is 0 Å². The predicted molar refractivity (Wildman–Crippen MR) is 195 cm³/mol. The number of carbonyl (C=O) groups excluding carboxylic acids is 2. The molecule has 18 heteroatoms. The number of aryl methyl sites for hydroxylation is 1. The Morgan fingerprint density at radius 3 is 2.49 bits per heavy atom. The first-order valence-electron chi connectivity index (χ1n) is 18.1. The van der Waals surface area contributed by atoms with Crippen molar-refractivity contribution in [3.05, 3.63) is 36.2 Å². The second-order valence-electron chi connectivity index (χ2n) is 13.3. The lowest BCUT2D eigenvalue weighted by Crippen LogP contribution is -2.46. The Hall–Kier alpha value is -3.73. The van der Waals surface area contributed by atoms with E-state index in [-0.39, 0.29) is 25.0 Å². The molecule has 8 N–H and O–H groups in total. The van der Waals surface area contributed by atoms with E-state index in [9.17, 15) is 14.2 Å². The molecule has 17 nitrogen and oxygen atoms in total. The molecule has 0 radical (unpaired) electrons. The number of nitrogens with zero attached hydrogens (tertiary/aromatic N) is 6. The summed E-state index contributed by atoms with van der Waals surface area (Å²) < 4.78 is 12.8. The van der Waals surface area contributed by atoms with E-state index < -0.39 is 19.8 Å². The molecular formula is C33H53N12O5P. The Bertz CT molecular complexity index is 1590. The number of rotatable bonds is 20. The number of anilines is 2. The molecule has 1 aromatic carbocycles. The van der Waals surface area contributed by atoms with Crippen molar-refractivity contribution >= 4 is 42.1 Å². The predicted octanol–water partition coefficient (Wildman–Crippen LogP) is 1.37. The van der Waals surface area contributed by atoms with E-state index in [1.165, 1.54) is 32.1 Å². The highest BCUT2D eigenvalue weighted by Gasteiger charge is 2.24. The molecule has 1 aliphatic heterocycles. The van der Waals surface area contributed by atoms with Gasteiger partial charge in [0.25, 0.3) is 0 Å². The third-order valence-corrected chi connectivity index (χ3v) is 9.73. The Morgan fingerprint density at radius 1 is 0.902 bits per heavy atom. The van der Waals surface area contributed by atoms with E-state index in [1.54, 1.807) is 4.90 Å². The van der Waals surface area contributed by atoms with Gasteiger partial charge in [-0.15, -0.1) is 5.10 Å². The van der Waals surface area contributed by atoms with Crippen molar-refractivity contribution in [1.82, 2.24) is 51.1 Å². The fourth-order valence-electron chi connectivity index (χ4n) is 6.40. The van der Waals surface area contributed by atoms with Gasteiger partial charge in [0.1, 0.15) is 17.8 Å². The van der Waals surface area contributed by atoms with Gasteiger partial charge < -0.3 is 41.3 Å². The number of nitrogens with one attached hydrogen (secondary N) is 6. The molecule has 0 bridgehead atoms. The lowest BCUT2D eigenvalue weighted by molar-refractivity contribution is -0.131. The summed E-state index contributed by atoms with van der Waals surface area (Å²) in [5.41, 5.74) is 1.61. The highest BCUT2D eigenvalue weighted by atomic mass is 31.2. The molecule has 1 aliphatic carbocycles. The van der Waals surface area contributed by atoms with Gasteiger partial charge in [-0.1, -0.05) is 36.6 Å². The Labute approximate surface area is 298 Å². The van der Waals surface area contributed by atoms with Crippen LogP contribution in [0.25, 0.3) is 10.9 Å². The number of piperidine rings is 1. The first-order valence-corrected chi connectivity index (χ1v) is 19.9. The van der Waals surface area contributed by atoms with Gasteiger partial charge in [0, 0.05) is 37.1 Å². The number of aromatic nitrogens is 5. The minimum atomic E-state index is -4.33. The Morgan fingerprint density at radius 2 is 1.69 bits per heavy atom. The van der Waals surface area contributed by atoms with Crippen LogP contribution >= 0.6 is 7.60 Å². The number of hydrogen-bond donors (Lipinski definition) is 8. The van der Waals surface area contributed by atoms with Crippen LogP contribution in [-0.2, 0) is 27.2 Å². The van der Waals surface area contributed by atoms with E-state index in [0.29, 0.717) is 38.4 Å². The zero-order chi connectivity index (χ0) is 35.9. The van der Waals surface area contributed by atoms with Crippen LogP contribution in [0, 0.1) is 0 Å². The number of para-hydroxylation sites is 1. The number of carbonyl (C=O) groups is 2. The van der Waals surface area contributed by atoms with Gasteiger partial charge in [-0.25, -0.2) is 4.98 Å². The van der Waals surface area contributed by atoms with E-state index in [1.807, 2.05) is 35.1 Å². The number of fused-ring (bicyclic) bond motifs is 1. The molecular weight excluding hydrogens is 675 g/mol.